The number of ketones is 1. The molecule has 1 unspecified atom stereocenters. The zero-order valence-corrected chi connectivity index (χ0v) is 15.6. The monoisotopic (exact) mass is 363 g/mol. The molecular weight excluding hydrogens is 342 g/mol. The molecule has 27 heavy (non-hydrogen) atoms. The highest BCUT2D eigenvalue weighted by atomic mass is 16.2. The van der Waals surface area contributed by atoms with Gasteiger partial charge in [-0.25, -0.2) is 4.68 Å². The topological polar surface area (TPSA) is 81.0 Å². The largest absolute Gasteiger partial charge is 0.340 e. The van der Waals surface area contributed by atoms with E-state index in [0.29, 0.717) is 29.3 Å². The summed E-state index contributed by atoms with van der Waals surface area (Å²) in [4.78, 5) is 32.6. The molecule has 1 saturated heterocycles. The van der Waals surface area contributed by atoms with E-state index in [-0.39, 0.29) is 17.6 Å². The van der Waals surface area contributed by atoms with Crippen molar-refractivity contribution in [2.45, 2.75) is 33.2 Å². The predicted molar refractivity (Wildman–Crippen MR) is 98.9 cm³/mol. The van der Waals surface area contributed by atoms with Crippen molar-refractivity contribution in [3.8, 4) is 11.3 Å². The van der Waals surface area contributed by atoms with Gasteiger partial charge in [-0.15, -0.1) is 5.10 Å². The smallest absolute Gasteiger partial charge is 0.247 e. The normalized spacial score (nSPS) is 18.9. The number of amides is 1. The summed E-state index contributed by atoms with van der Waals surface area (Å²) in [6.07, 6.45) is 4.32. The number of pyridine rings is 1. The molecule has 1 fully saturated rings. The molecule has 0 spiro atoms. The first-order valence-electron chi connectivity index (χ1n) is 9.44. The molecule has 5 rings (SSSR count). The van der Waals surface area contributed by atoms with Crippen molar-refractivity contribution in [1.29, 1.82) is 0 Å². The van der Waals surface area contributed by atoms with E-state index in [1.54, 1.807) is 10.9 Å². The van der Waals surface area contributed by atoms with E-state index >= 15 is 0 Å². The van der Waals surface area contributed by atoms with E-state index in [9.17, 15) is 9.59 Å². The Morgan fingerprint density at radius 2 is 2.07 bits per heavy atom. The molecule has 7 heteroatoms. The van der Waals surface area contributed by atoms with E-state index in [1.807, 2.05) is 30.9 Å². The zero-order valence-electron chi connectivity index (χ0n) is 15.6. The van der Waals surface area contributed by atoms with Crippen LogP contribution in [0.2, 0.25) is 0 Å². The molecular formula is C20H21N5O2. The number of rotatable bonds is 3. The fourth-order valence-corrected chi connectivity index (χ4v) is 4.41. The molecule has 2 aromatic rings. The number of likely N-dealkylation sites (tertiary alicyclic amines) is 1. The van der Waals surface area contributed by atoms with Gasteiger partial charge in [-0.3, -0.25) is 14.6 Å². The van der Waals surface area contributed by atoms with Crippen LogP contribution in [0.3, 0.4) is 0 Å². The number of allylic oxidation sites excluding steroid dienone is 2. The van der Waals surface area contributed by atoms with Crippen LogP contribution in [-0.2, 0) is 11.2 Å². The highest BCUT2D eigenvalue weighted by Gasteiger charge is 2.42. The van der Waals surface area contributed by atoms with Crippen molar-refractivity contribution >= 4 is 17.3 Å². The molecule has 3 aliphatic rings. The van der Waals surface area contributed by atoms with Gasteiger partial charge in [0.05, 0.1) is 5.69 Å². The quantitative estimate of drug-likeness (QED) is 0.835. The van der Waals surface area contributed by atoms with Crippen LogP contribution in [0.1, 0.15) is 48.6 Å². The molecule has 0 bridgehead atoms. The second-order valence-electron chi connectivity index (χ2n) is 8.10. The Bertz CT molecular complexity index is 1010. The average Bonchev–Trinajstić information content (AvgIpc) is 3.22. The first kappa shape index (κ1) is 16.4. The zero-order chi connectivity index (χ0) is 18.9. The van der Waals surface area contributed by atoms with Crippen molar-refractivity contribution in [3.63, 3.8) is 0 Å². The molecule has 1 aliphatic heterocycles. The standard InChI is InChI=1S/C20H21N5O2/c1-10(2)17(20(27)24-8-11(3)9-24)25-18-16(22-23-25)12-6-7-21-14-5-4-13(15(12)14)19(18)26/h4,6-7,10-11,17H,5,8-9H2,1-3H3. The molecule has 7 nitrogen and oxygen atoms in total. The third-order valence-corrected chi connectivity index (χ3v) is 5.73. The van der Waals surface area contributed by atoms with Crippen LogP contribution >= 0.6 is 0 Å². The molecule has 3 heterocycles. The van der Waals surface area contributed by atoms with Crippen LogP contribution < -0.4 is 0 Å². The first-order valence-corrected chi connectivity index (χ1v) is 9.44. The van der Waals surface area contributed by atoms with Gasteiger partial charge in [-0.2, -0.15) is 0 Å². The van der Waals surface area contributed by atoms with Crippen molar-refractivity contribution in [2.75, 3.05) is 13.1 Å². The second-order valence-corrected chi connectivity index (χ2v) is 8.10. The first-order chi connectivity index (χ1) is 13.0. The average molecular weight is 363 g/mol. The number of fused-ring (bicyclic) bond motifs is 2. The Kier molecular flexibility index (Phi) is 3.38. The van der Waals surface area contributed by atoms with Crippen molar-refractivity contribution in [3.05, 3.63) is 35.3 Å². The number of carbonyl (C=O) groups is 2. The minimum absolute atomic E-state index is 0.000961. The van der Waals surface area contributed by atoms with Crippen LogP contribution in [0.4, 0.5) is 0 Å². The fourth-order valence-electron chi connectivity index (χ4n) is 4.41. The number of aromatic nitrogens is 4. The number of nitrogens with zero attached hydrogens (tertiary/aromatic N) is 5. The maximum atomic E-state index is 13.3. The van der Waals surface area contributed by atoms with Gasteiger partial charge in [0.25, 0.3) is 0 Å². The summed E-state index contributed by atoms with van der Waals surface area (Å²) in [6, 6.07) is 1.36. The summed E-state index contributed by atoms with van der Waals surface area (Å²) >= 11 is 0. The van der Waals surface area contributed by atoms with Gasteiger partial charge >= 0.3 is 0 Å². The molecule has 2 aliphatic carbocycles. The van der Waals surface area contributed by atoms with Gasteiger partial charge in [0.2, 0.25) is 11.7 Å². The van der Waals surface area contributed by atoms with Crippen molar-refractivity contribution in [1.82, 2.24) is 24.9 Å². The molecule has 0 radical (unpaired) electrons. The lowest BCUT2D eigenvalue weighted by molar-refractivity contribution is -0.142. The number of hydrogen-bond donors (Lipinski definition) is 0. The van der Waals surface area contributed by atoms with E-state index < -0.39 is 6.04 Å². The van der Waals surface area contributed by atoms with Crippen LogP contribution in [0, 0.1) is 11.8 Å². The van der Waals surface area contributed by atoms with Gasteiger partial charge in [0.15, 0.2) is 0 Å². The van der Waals surface area contributed by atoms with Crippen LogP contribution in [0.25, 0.3) is 16.8 Å². The van der Waals surface area contributed by atoms with E-state index in [0.717, 1.165) is 29.9 Å². The van der Waals surface area contributed by atoms with Crippen LogP contribution in [0.15, 0.2) is 18.3 Å². The molecule has 2 aromatic heterocycles. The fraction of sp³-hybridized carbons (Fsp3) is 0.450. The third kappa shape index (κ3) is 2.17. The summed E-state index contributed by atoms with van der Waals surface area (Å²) in [5.74, 6) is 0.434. The number of Topliss-reactive ketones (excluding diaryl/α,β-unsaturated/α-hetero) is 1. The minimum Gasteiger partial charge on any atom is -0.340 e. The Hall–Kier alpha value is -2.83. The van der Waals surface area contributed by atoms with Gasteiger partial charge in [0.1, 0.15) is 17.4 Å². The third-order valence-electron chi connectivity index (χ3n) is 5.73. The molecule has 1 amide bonds. The number of hydrogen-bond acceptors (Lipinski definition) is 5. The van der Waals surface area contributed by atoms with Crippen molar-refractivity contribution in [2.24, 2.45) is 11.8 Å². The minimum atomic E-state index is -0.525. The Morgan fingerprint density at radius 3 is 2.78 bits per heavy atom. The van der Waals surface area contributed by atoms with E-state index in [4.69, 9.17) is 0 Å². The van der Waals surface area contributed by atoms with Crippen LogP contribution in [0.5, 0.6) is 0 Å². The summed E-state index contributed by atoms with van der Waals surface area (Å²) in [7, 11) is 0. The molecule has 0 saturated carbocycles. The molecule has 138 valence electrons. The van der Waals surface area contributed by atoms with Crippen LogP contribution in [-0.4, -0.2) is 49.7 Å². The molecule has 0 N–H and O–H groups in total. The SMILES string of the molecule is CC1CN(C(=O)C(C(C)C)n2nnc3c2C(=O)C2=CCc4nccc-3c42)C1. The Morgan fingerprint density at radius 1 is 1.30 bits per heavy atom. The highest BCUT2D eigenvalue weighted by molar-refractivity contribution is 6.34. The maximum absolute atomic E-state index is 13.3. The highest BCUT2D eigenvalue weighted by Crippen LogP contribution is 2.43. The summed E-state index contributed by atoms with van der Waals surface area (Å²) in [5.41, 5.74) is 4.32. The van der Waals surface area contributed by atoms with Gasteiger partial charge in [0, 0.05) is 42.4 Å². The predicted octanol–water partition coefficient (Wildman–Crippen LogP) is 2.15. The Balaban J connectivity index is 1.64. The van der Waals surface area contributed by atoms with Gasteiger partial charge < -0.3 is 4.90 Å². The summed E-state index contributed by atoms with van der Waals surface area (Å²) < 4.78 is 1.57. The number of carbonyl (C=O) groups excluding carboxylic acids is 2. The van der Waals surface area contributed by atoms with Crippen molar-refractivity contribution < 1.29 is 9.59 Å². The van der Waals surface area contributed by atoms with E-state index in [2.05, 4.69) is 22.2 Å². The maximum Gasteiger partial charge on any atom is 0.247 e. The molecule has 0 aromatic carbocycles. The van der Waals surface area contributed by atoms with E-state index in [1.165, 1.54) is 0 Å². The van der Waals surface area contributed by atoms with Gasteiger partial charge in [-0.05, 0) is 17.9 Å². The second kappa shape index (κ2) is 5.58. The lowest BCUT2D eigenvalue weighted by Gasteiger charge is -2.40. The summed E-state index contributed by atoms with van der Waals surface area (Å²) in [6.45, 7) is 7.62. The molecule has 1 atom stereocenters. The van der Waals surface area contributed by atoms with Gasteiger partial charge in [-0.1, -0.05) is 32.1 Å². The summed E-state index contributed by atoms with van der Waals surface area (Å²) in [5, 5.41) is 8.61. The lowest BCUT2D eigenvalue weighted by atomic mass is 9.88. The lowest BCUT2D eigenvalue weighted by Crippen LogP contribution is -2.52. The Labute approximate surface area is 157 Å².